The van der Waals surface area contributed by atoms with E-state index in [1.54, 1.807) is 6.07 Å². The molecular formula is C28H46O4. The van der Waals surface area contributed by atoms with E-state index in [2.05, 4.69) is 13.8 Å². The average Bonchev–Trinajstić information content (AvgIpc) is 2.79. The molecule has 0 aromatic heterocycles. The van der Waals surface area contributed by atoms with Gasteiger partial charge in [0.25, 0.3) is 0 Å². The highest BCUT2D eigenvalue weighted by Crippen LogP contribution is 2.30. The summed E-state index contributed by atoms with van der Waals surface area (Å²) in [5.74, 6) is 0.205. The lowest BCUT2D eigenvalue weighted by atomic mass is 10.1. The smallest absolute Gasteiger partial charge is 0.311 e. The van der Waals surface area contributed by atoms with Crippen LogP contribution in [0.3, 0.4) is 0 Å². The number of hydrogen-bond acceptors (Lipinski definition) is 4. The molecule has 0 fully saturated rings. The van der Waals surface area contributed by atoms with Crippen molar-refractivity contribution in [2.24, 2.45) is 0 Å². The highest BCUT2D eigenvalue weighted by Gasteiger charge is 2.14. The van der Waals surface area contributed by atoms with E-state index in [1.165, 1.54) is 64.2 Å². The van der Waals surface area contributed by atoms with Gasteiger partial charge in [0.2, 0.25) is 0 Å². The van der Waals surface area contributed by atoms with Crippen LogP contribution in [0, 0.1) is 0 Å². The summed E-state index contributed by atoms with van der Waals surface area (Å²) < 4.78 is 11.2. The Morgan fingerprint density at radius 1 is 0.594 bits per heavy atom. The number of hydrogen-bond donors (Lipinski definition) is 0. The fourth-order valence-electron chi connectivity index (χ4n) is 3.74. The van der Waals surface area contributed by atoms with Crippen LogP contribution in [0.2, 0.25) is 0 Å². The van der Waals surface area contributed by atoms with Gasteiger partial charge in [0, 0.05) is 12.8 Å². The van der Waals surface area contributed by atoms with Crippen molar-refractivity contribution in [2.75, 3.05) is 0 Å². The van der Waals surface area contributed by atoms with Crippen molar-refractivity contribution in [2.45, 2.75) is 130 Å². The van der Waals surface area contributed by atoms with Gasteiger partial charge < -0.3 is 9.47 Å². The minimum Gasteiger partial charge on any atom is -0.423 e. The summed E-state index contributed by atoms with van der Waals surface area (Å²) in [7, 11) is 0. The molecule has 4 nitrogen and oxygen atoms in total. The molecule has 0 radical (unpaired) electrons. The highest BCUT2D eigenvalue weighted by atomic mass is 16.6. The summed E-state index contributed by atoms with van der Waals surface area (Å²) in [6.07, 6.45) is 17.8. The molecule has 0 amide bonds. The van der Waals surface area contributed by atoms with Gasteiger partial charge in [-0.25, -0.2) is 0 Å². The second kappa shape index (κ2) is 18.7. The number of esters is 2. The first-order valence-electron chi connectivity index (χ1n) is 13.1. The fraction of sp³-hybridized carbons (Fsp3) is 0.714. The number of carbonyl (C=O) groups is 2. The van der Waals surface area contributed by atoms with Crippen molar-refractivity contribution in [1.29, 1.82) is 0 Å². The van der Waals surface area contributed by atoms with Gasteiger partial charge in [-0.2, -0.15) is 0 Å². The van der Waals surface area contributed by atoms with Gasteiger partial charge in [-0.15, -0.1) is 0 Å². The van der Waals surface area contributed by atoms with Crippen LogP contribution in [0.15, 0.2) is 18.2 Å². The van der Waals surface area contributed by atoms with Gasteiger partial charge in [-0.3, -0.25) is 9.59 Å². The Morgan fingerprint density at radius 2 is 1.03 bits per heavy atom. The first-order valence-corrected chi connectivity index (χ1v) is 13.1. The first-order chi connectivity index (χ1) is 15.6. The zero-order valence-corrected chi connectivity index (χ0v) is 20.9. The molecule has 182 valence electrons. The van der Waals surface area contributed by atoms with E-state index >= 15 is 0 Å². The standard InChI is InChI=1S/C28H46O4/c1-4-7-9-11-13-15-17-19-27(29)31-25-22-21-24(6-3)23-26(25)32-28(30)20-18-16-14-12-10-8-5-2/h21-23H,4-20H2,1-3H3. The quantitative estimate of drug-likeness (QED) is 0.122. The molecule has 0 unspecified atom stereocenters. The Bertz CT molecular complexity index is 638. The maximum atomic E-state index is 12.3. The van der Waals surface area contributed by atoms with E-state index in [0.717, 1.165) is 37.7 Å². The molecule has 0 atom stereocenters. The largest absolute Gasteiger partial charge is 0.423 e. The van der Waals surface area contributed by atoms with E-state index < -0.39 is 0 Å². The Labute approximate surface area is 196 Å². The first kappa shape index (κ1) is 28.2. The summed E-state index contributed by atoms with van der Waals surface area (Å²) in [5, 5.41) is 0. The van der Waals surface area contributed by atoms with Crippen molar-refractivity contribution in [3.8, 4) is 11.5 Å². The molecule has 0 N–H and O–H groups in total. The molecule has 0 bridgehead atoms. The number of aryl methyl sites for hydroxylation is 1. The van der Waals surface area contributed by atoms with E-state index in [0.29, 0.717) is 24.3 Å². The molecule has 0 aliphatic heterocycles. The summed E-state index contributed by atoms with van der Waals surface area (Å²) in [6.45, 7) is 6.47. The lowest BCUT2D eigenvalue weighted by Crippen LogP contribution is -2.12. The summed E-state index contributed by atoms with van der Waals surface area (Å²) in [5.41, 5.74) is 1.05. The Hall–Kier alpha value is -1.84. The maximum Gasteiger partial charge on any atom is 0.311 e. The zero-order chi connectivity index (χ0) is 23.4. The SMILES string of the molecule is CCCCCCCCCC(=O)Oc1ccc(CC)cc1OC(=O)CCCCCCCCC. The molecule has 1 aromatic carbocycles. The lowest BCUT2D eigenvalue weighted by Gasteiger charge is -2.12. The molecule has 0 heterocycles. The number of unbranched alkanes of at least 4 members (excludes halogenated alkanes) is 12. The van der Waals surface area contributed by atoms with Gasteiger partial charge in [0.05, 0.1) is 0 Å². The minimum atomic E-state index is -0.257. The monoisotopic (exact) mass is 446 g/mol. The number of carbonyl (C=O) groups excluding carboxylic acids is 2. The second-order valence-corrected chi connectivity index (χ2v) is 8.83. The normalized spacial score (nSPS) is 10.8. The minimum absolute atomic E-state index is 0.254. The van der Waals surface area contributed by atoms with Gasteiger partial charge in [-0.1, -0.05) is 104 Å². The molecule has 4 heteroatoms. The van der Waals surface area contributed by atoms with Crippen LogP contribution in [0.4, 0.5) is 0 Å². The van der Waals surface area contributed by atoms with Crippen molar-refractivity contribution >= 4 is 11.9 Å². The lowest BCUT2D eigenvalue weighted by molar-refractivity contribution is -0.137. The molecule has 0 saturated heterocycles. The molecule has 32 heavy (non-hydrogen) atoms. The van der Waals surface area contributed by atoms with E-state index in [1.807, 2.05) is 19.1 Å². The molecular weight excluding hydrogens is 400 g/mol. The molecule has 1 aromatic rings. The number of rotatable bonds is 19. The van der Waals surface area contributed by atoms with Gasteiger partial charge in [0.1, 0.15) is 0 Å². The predicted octanol–water partition coefficient (Wildman–Crippen LogP) is 8.34. The zero-order valence-electron chi connectivity index (χ0n) is 20.9. The van der Waals surface area contributed by atoms with E-state index in [4.69, 9.17) is 9.47 Å². The number of ether oxygens (including phenoxy) is 2. The third kappa shape index (κ3) is 13.5. The topological polar surface area (TPSA) is 52.6 Å². The molecule has 0 aliphatic rings. The summed E-state index contributed by atoms with van der Waals surface area (Å²) in [6, 6.07) is 5.49. The third-order valence-corrected chi connectivity index (χ3v) is 5.83. The van der Waals surface area contributed by atoms with Crippen LogP contribution < -0.4 is 9.47 Å². The van der Waals surface area contributed by atoms with Crippen LogP contribution in [0.5, 0.6) is 11.5 Å². The molecule has 0 aliphatic carbocycles. The van der Waals surface area contributed by atoms with Crippen molar-refractivity contribution < 1.29 is 19.1 Å². The third-order valence-electron chi connectivity index (χ3n) is 5.83. The summed E-state index contributed by atoms with van der Waals surface area (Å²) in [4.78, 5) is 24.6. The van der Waals surface area contributed by atoms with E-state index in [-0.39, 0.29) is 11.9 Å². The predicted molar refractivity (Wildman–Crippen MR) is 132 cm³/mol. The number of benzene rings is 1. The van der Waals surface area contributed by atoms with E-state index in [9.17, 15) is 9.59 Å². The average molecular weight is 447 g/mol. The fourth-order valence-corrected chi connectivity index (χ4v) is 3.74. The van der Waals surface area contributed by atoms with Gasteiger partial charge >= 0.3 is 11.9 Å². The second-order valence-electron chi connectivity index (χ2n) is 8.83. The Kier molecular flexibility index (Phi) is 16.5. The van der Waals surface area contributed by atoms with Gasteiger partial charge in [0.15, 0.2) is 11.5 Å². The molecule has 0 spiro atoms. The van der Waals surface area contributed by atoms with Crippen LogP contribution in [0.25, 0.3) is 0 Å². The van der Waals surface area contributed by atoms with Crippen LogP contribution in [-0.2, 0) is 16.0 Å². The van der Waals surface area contributed by atoms with Crippen LogP contribution in [0.1, 0.15) is 129 Å². The van der Waals surface area contributed by atoms with Crippen molar-refractivity contribution in [3.63, 3.8) is 0 Å². The summed E-state index contributed by atoms with van der Waals surface area (Å²) >= 11 is 0. The van der Waals surface area contributed by atoms with Gasteiger partial charge in [-0.05, 0) is 37.0 Å². The van der Waals surface area contributed by atoms with Crippen LogP contribution in [-0.4, -0.2) is 11.9 Å². The van der Waals surface area contributed by atoms with Crippen molar-refractivity contribution in [1.82, 2.24) is 0 Å². The Morgan fingerprint density at radius 3 is 1.50 bits per heavy atom. The molecule has 1 rings (SSSR count). The highest BCUT2D eigenvalue weighted by molar-refractivity contribution is 5.76. The van der Waals surface area contributed by atoms with Crippen molar-refractivity contribution in [3.05, 3.63) is 23.8 Å². The molecule has 0 saturated carbocycles. The van der Waals surface area contributed by atoms with Crippen LogP contribution >= 0.6 is 0 Å². The Balaban J connectivity index is 2.43. The maximum absolute atomic E-state index is 12.3.